The molecule has 7 heteroatoms. The van der Waals surface area contributed by atoms with Gasteiger partial charge in [-0.1, -0.05) is 6.42 Å². The number of carbonyl (C=O) groups excluding carboxylic acids is 1. The summed E-state index contributed by atoms with van der Waals surface area (Å²) >= 11 is 1.81. The van der Waals surface area contributed by atoms with Crippen molar-refractivity contribution in [2.24, 2.45) is 0 Å². The van der Waals surface area contributed by atoms with Crippen LogP contribution in [0.4, 0.5) is 11.4 Å². The highest BCUT2D eigenvalue weighted by Gasteiger charge is 2.36. The van der Waals surface area contributed by atoms with Crippen molar-refractivity contribution in [1.29, 1.82) is 0 Å². The quantitative estimate of drug-likeness (QED) is 0.623. The lowest BCUT2D eigenvalue weighted by molar-refractivity contribution is -0.384. The molecule has 6 nitrogen and oxygen atoms in total. The summed E-state index contributed by atoms with van der Waals surface area (Å²) in [6, 6.07) is 4.52. The first-order valence-electron chi connectivity index (χ1n) is 6.81. The predicted molar refractivity (Wildman–Crippen MR) is 85.1 cm³/mol. The minimum Gasteiger partial charge on any atom is -0.378 e. The van der Waals surface area contributed by atoms with Crippen LogP contribution >= 0.6 is 11.8 Å². The Morgan fingerprint density at radius 3 is 2.67 bits per heavy atom. The second-order valence-electron chi connectivity index (χ2n) is 5.16. The topological polar surface area (TPSA) is 84.3 Å². The van der Waals surface area contributed by atoms with Crippen molar-refractivity contribution in [2.45, 2.75) is 24.0 Å². The number of nitrogens with one attached hydrogen (secondary N) is 2. The first kappa shape index (κ1) is 15.6. The summed E-state index contributed by atoms with van der Waals surface area (Å²) in [7, 11) is 1.50. The molecular weight excluding hydrogens is 290 g/mol. The SMILES string of the molecule is CNC(=O)c1ccc(NCC2(SC)CCC2)c([N+](=O)[O-])c1. The standard InChI is InChI=1S/C14H19N3O3S/c1-15-13(18)10-4-5-11(12(8-10)17(19)20)16-9-14(21-2)6-3-7-14/h4-5,8,16H,3,6-7,9H2,1-2H3,(H,15,18). The van der Waals surface area contributed by atoms with Gasteiger partial charge in [0.25, 0.3) is 11.6 Å². The molecule has 0 saturated heterocycles. The van der Waals surface area contributed by atoms with Gasteiger partial charge in [-0.3, -0.25) is 14.9 Å². The average molecular weight is 309 g/mol. The Morgan fingerprint density at radius 2 is 2.19 bits per heavy atom. The molecule has 2 rings (SSSR count). The summed E-state index contributed by atoms with van der Waals surface area (Å²) in [5.74, 6) is -0.329. The molecule has 0 atom stereocenters. The molecule has 0 spiro atoms. The Kier molecular flexibility index (Phi) is 4.72. The molecule has 0 heterocycles. The smallest absolute Gasteiger partial charge is 0.293 e. The van der Waals surface area contributed by atoms with Crippen molar-refractivity contribution in [1.82, 2.24) is 5.32 Å². The summed E-state index contributed by atoms with van der Waals surface area (Å²) in [4.78, 5) is 22.3. The van der Waals surface area contributed by atoms with Crippen molar-refractivity contribution >= 4 is 29.0 Å². The van der Waals surface area contributed by atoms with Crippen molar-refractivity contribution in [3.05, 3.63) is 33.9 Å². The number of amides is 1. The van der Waals surface area contributed by atoms with Gasteiger partial charge in [-0.15, -0.1) is 0 Å². The molecule has 2 N–H and O–H groups in total. The second-order valence-corrected chi connectivity index (χ2v) is 6.44. The van der Waals surface area contributed by atoms with Crippen molar-refractivity contribution < 1.29 is 9.72 Å². The number of nitro groups is 1. The highest BCUT2D eigenvalue weighted by atomic mass is 32.2. The Morgan fingerprint density at radius 1 is 1.48 bits per heavy atom. The number of nitro benzene ring substituents is 1. The van der Waals surface area contributed by atoms with E-state index in [0.717, 1.165) is 12.8 Å². The average Bonchev–Trinajstić information content (AvgIpc) is 2.45. The minimum absolute atomic E-state index is 0.0633. The van der Waals surface area contributed by atoms with Crippen LogP contribution in [0.3, 0.4) is 0 Å². The molecule has 1 saturated carbocycles. The van der Waals surface area contributed by atoms with Gasteiger partial charge in [-0.25, -0.2) is 0 Å². The molecule has 21 heavy (non-hydrogen) atoms. The minimum atomic E-state index is -0.457. The van der Waals surface area contributed by atoms with Gasteiger partial charge in [-0.2, -0.15) is 11.8 Å². The van der Waals surface area contributed by atoms with Crippen LogP contribution in [-0.4, -0.2) is 35.4 Å². The summed E-state index contributed by atoms with van der Waals surface area (Å²) < 4.78 is 0.188. The summed E-state index contributed by atoms with van der Waals surface area (Å²) in [5.41, 5.74) is 0.692. The molecular formula is C14H19N3O3S. The van der Waals surface area contributed by atoms with Crippen molar-refractivity contribution in [3.63, 3.8) is 0 Å². The van der Waals surface area contributed by atoms with E-state index in [-0.39, 0.29) is 21.9 Å². The lowest BCUT2D eigenvalue weighted by Gasteiger charge is -2.40. The second kappa shape index (κ2) is 6.34. The van der Waals surface area contributed by atoms with E-state index in [0.29, 0.717) is 12.2 Å². The van der Waals surface area contributed by atoms with Gasteiger partial charge in [0.1, 0.15) is 5.69 Å². The van der Waals surface area contributed by atoms with Gasteiger partial charge in [0.15, 0.2) is 0 Å². The number of hydrogen-bond acceptors (Lipinski definition) is 5. The fourth-order valence-electron chi connectivity index (χ4n) is 2.40. The van der Waals surface area contributed by atoms with E-state index >= 15 is 0 Å². The van der Waals surface area contributed by atoms with Crippen LogP contribution < -0.4 is 10.6 Å². The first-order valence-corrected chi connectivity index (χ1v) is 8.03. The molecule has 1 fully saturated rings. The largest absolute Gasteiger partial charge is 0.378 e. The van der Waals surface area contributed by atoms with Crippen LogP contribution in [0.2, 0.25) is 0 Å². The number of rotatable bonds is 6. The van der Waals surface area contributed by atoms with E-state index in [4.69, 9.17) is 0 Å². The first-order chi connectivity index (χ1) is 10.0. The number of hydrogen-bond donors (Lipinski definition) is 2. The number of carbonyl (C=O) groups is 1. The Labute approximate surface area is 127 Å². The van der Waals surface area contributed by atoms with Gasteiger partial charge >= 0.3 is 0 Å². The maximum absolute atomic E-state index is 11.6. The molecule has 114 valence electrons. The molecule has 0 bridgehead atoms. The normalized spacial score (nSPS) is 15.9. The maximum Gasteiger partial charge on any atom is 0.293 e. The molecule has 0 radical (unpaired) electrons. The number of benzene rings is 1. The van der Waals surface area contributed by atoms with E-state index < -0.39 is 4.92 Å². The molecule has 1 aromatic carbocycles. The number of thioether (sulfide) groups is 1. The molecule has 1 aliphatic carbocycles. The molecule has 0 aromatic heterocycles. The maximum atomic E-state index is 11.6. The van der Waals surface area contributed by atoms with Gasteiger partial charge < -0.3 is 10.6 Å². The van der Waals surface area contributed by atoms with Crippen molar-refractivity contribution in [2.75, 3.05) is 25.2 Å². The molecule has 0 aliphatic heterocycles. The van der Waals surface area contributed by atoms with Crippen LogP contribution in [0.5, 0.6) is 0 Å². The Bertz CT molecular complexity index is 553. The van der Waals surface area contributed by atoms with Crippen LogP contribution in [0.1, 0.15) is 29.6 Å². The highest BCUT2D eigenvalue weighted by molar-refractivity contribution is 8.00. The molecule has 1 amide bonds. The molecule has 1 aromatic rings. The lowest BCUT2D eigenvalue weighted by Crippen LogP contribution is -2.40. The van der Waals surface area contributed by atoms with Crippen LogP contribution in [0.15, 0.2) is 18.2 Å². The summed E-state index contributed by atoms with van der Waals surface area (Å²) in [6.45, 7) is 0.703. The van der Waals surface area contributed by atoms with Gasteiger partial charge in [-0.05, 0) is 31.2 Å². The number of nitrogens with zero attached hydrogens (tertiary/aromatic N) is 1. The number of anilines is 1. The third kappa shape index (κ3) is 3.29. The van der Waals surface area contributed by atoms with E-state index in [9.17, 15) is 14.9 Å². The Hall–Kier alpha value is -1.76. The fourth-order valence-corrected chi connectivity index (χ4v) is 3.31. The zero-order chi connectivity index (χ0) is 15.5. The predicted octanol–water partition coefficient (Wildman–Crippen LogP) is 2.65. The lowest BCUT2D eigenvalue weighted by atomic mass is 9.84. The third-order valence-electron chi connectivity index (χ3n) is 3.98. The van der Waals surface area contributed by atoms with Crippen molar-refractivity contribution in [3.8, 4) is 0 Å². The monoisotopic (exact) mass is 309 g/mol. The highest BCUT2D eigenvalue weighted by Crippen LogP contribution is 2.43. The fraction of sp³-hybridized carbons (Fsp3) is 0.500. The zero-order valence-corrected chi connectivity index (χ0v) is 13.0. The third-order valence-corrected chi connectivity index (χ3v) is 5.40. The van der Waals surface area contributed by atoms with Gasteiger partial charge in [0.2, 0.25) is 0 Å². The van der Waals surface area contributed by atoms with Crippen LogP contribution in [0, 0.1) is 10.1 Å². The summed E-state index contributed by atoms with van der Waals surface area (Å²) in [5, 5.41) is 16.8. The molecule has 0 unspecified atom stereocenters. The van der Waals surface area contributed by atoms with E-state index in [1.165, 1.54) is 19.5 Å². The van der Waals surface area contributed by atoms with Crippen LogP contribution in [0.25, 0.3) is 0 Å². The van der Waals surface area contributed by atoms with Crippen LogP contribution in [-0.2, 0) is 0 Å². The van der Waals surface area contributed by atoms with Gasteiger partial charge in [0.05, 0.1) is 4.92 Å². The van der Waals surface area contributed by atoms with E-state index in [1.54, 1.807) is 12.1 Å². The van der Waals surface area contributed by atoms with E-state index in [1.807, 2.05) is 11.8 Å². The van der Waals surface area contributed by atoms with E-state index in [2.05, 4.69) is 16.9 Å². The molecule has 1 aliphatic rings. The summed E-state index contributed by atoms with van der Waals surface area (Å²) in [6.07, 6.45) is 5.54. The zero-order valence-electron chi connectivity index (χ0n) is 12.1. The Balaban J connectivity index is 2.18. The van der Waals surface area contributed by atoms with Gasteiger partial charge in [0, 0.05) is 30.0 Å².